The molecule has 26 heteroatoms. The van der Waals surface area contributed by atoms with Crippen molar-refractivity contribution in [2.75, 3.05) is 26.4 Å². The lowest BCUT2D eigenvalue weighted by molar-refractivity contribution is -0.360. The van der Waals surface area contributed by atoms with E-state index in [1.54, 1.807) is 0 Å². The summed E-state index contributed by atoms with van der Waals surface area (Å²) in [6.07, 6.45) is 23.5. The number of phosphoric acid groups is 1. The number of aliphatic hydroxyl groups is 9. The zero-order chi connectivity index (χ0) is 83.4. The number of hydrogen-bond acceptors (Lipinski definition) is 24. The molecule has 0 aromatic rings. The van der Waals surface area contributed by atoms with E-state index in [9.17, 15) is 74.6 Å². The molecule has 2 heterocycles. The molecule has 3 fully saturated rings. The van der Waals surface area contributed by atoms with Crippen molar-refractivity contribution in [3.63, 3.8) is 0 Å². The van der Waals surface area contributed by atoms with Crippen LogP contribution < -0.4 is 0 Å². The highest BCUT2D eigenvalue weighted by molar-refractivity contribution is 7.47. The second kappa shape index (κ2) is 66.6. The van der Waals surface area contributed by atoms with Gasteiger partial charge in [0.1, 0.15) is 92.6 Å². The van der Waals surface area contributed by atoms with E-state index in [-0.39, 0.29) is 25.7 Å². The molecule has 114 heavy (non-hydrogen) atoms. The second-order valence-electron chi connectivity index (χ2n) is 32.7. The number of esters is 4. The molecule has 1 saturated carbocycles. The minimum Gasteiger partial charge on any atom is -0.463 e. The van der Waals surface area contributed by atoms with Crippen molar-refractivity contribution in [2.45, 2.75) is 479 Å². The minimum atomic E-state index is -5.81. The molecule has 0 bridgehead atoms. The largest absolute Gasteiger partial charge is 0.472 e. The molecule has 19 atom stereocenters. The van der Waals surface area contributed by atoms with Gasteiger partial charge in [-0.2, -0.15) is 0 Å². The molecule has 0 aromatic carbocycles. The van der Waals surface area contributed by atoms with Gasteiger partial charge < -0.3 is 88.7 Å². The van der Waals surface area contributed by atoms with Gasteiger partial charge in [-0.3, -0.25) is 28.2 Å². The lowest BCUT2D eigenvalue weighted by Gasteiger charge is -2.50. The molecule has 25 nitrogen and oxygen atoms in total. The van der Waals surface area contributed by atoms with Crippen LogP contribution in [0.1, 0.15) is 375 Å². The molecule has 668 valence electrons. The van der Waals surface area contributed by atoms with Crippen molar-refractivity contribution in [3.8, 4) is 0 Å². The standard InChI is InChI=1S/C88H161O25P/c1-6-10-14-18-22-25-28-31-34-37-40-47-53-59-71(90)104-64-68(107-73(92)61-55-49-41-38-35-32-29-26-23-19-15-11-7-2)65-106-114(102,103)113-86-84(111-87-81(100)77(96)75(94)69(63-89)108-87)80(99)79(98)83(110-74(93)62-56-50-42-39-36-33-30-27-24-20-16-12-8-3)85(86)112-88-82(101)78(97)76(95)70(109-88)66-105-72(91)60-54-48-44-43-46-52-58-67(5)57-51-45-21-17-13-9-4/h31-32,34-35,67-70,75-89,94-101H,6-30,33,36-66H2,1-5H3,(H,102,103)/b34-31-,35-32-. The van der Waals surface area contributed by atoms with Gasteiger partial charge in [0.2, 0.25) is 0 Å². The fourth-order valence-corrected chi connectivity index (χ4v) is 15.9. The van der Waals surface area contributed by atoms with Gasteiger partial charge in [0.05, 0.1) is 13.2 Å². The number of ether oxygens (including phenoxy) is 8. The van der Waals surface area contributed by atoms with Gasteiger partial charge in [0.25, 0.3) is 0 Å². The van der Waals surface area contributed by atoms with E-state index >= 15 is 0 Å². The third-order valence-corrected chi connectivity index (χ3v) is 23.3. The maximum absolute atomic E-state index is 14.9. The Morgan fingerprint density at radius 2 is 0.711 bits per heavy atom. The first-order valence-corrected chi connectivity index (χ1v) is 47.0. The van der Waals surface area contributed by atoms with Crippen molar-refractivity contribution in [2.24, 2.45) is 5.92 Å². The van der Waals surface area contributed by atoms with Crippen molar-refractivity contribution in [3.05, 3.63) is 24.3 Å². The lowest BCUT2D eigenvalue weighted by Crippen LogP contribution is -2.70. The van der Waals surface area contributed by atoms with Crippen LogP contribution in [0.2, 0.25) is 0 Å². The van der Waals surface area contributed by atoms with Crippen LogP contribution in [-0.2, 0) is 70.7 Å². The van der Waals surface area contributed by atoms with Crippen LogP contribution in [0.3, 0.4) is 0 Å². The monoisotopic (exact) mass is 1650 g/mol. The minimum absolute atomic E-state index is 0.0106. The van der Waals surface area contributed by atoms with Crippen LogP contribution in [0.15, 0.2) is 24.3 Å². The number of unbranched alkanes of at least 4 members (excludes halogenated alkanes) is 40. The molecular formula is C88H161O25P. The topological polar surface area (TPSA) is 380 Å². The van der Waals surface area contributed by atoms with Crippen LogP contribution in [-0.4, -0.2) is 205 Å². The van der Waals surface area contributed by atoms with Crippen molar-refractivity contribution in [1.29, 1.82) is 0 Å². The van der Waals surface area contributed by atoms with E-state index in [2.05, 4.69) is 58.9 Å². The SMILES string of the molecule is CCCCCCCC/C=C\CCCCCC(=O)OCC(COP(=O)(O)OC1C(OC2OC(CO)C(O)C(O)C2O)C(O)C(O)C(OC(=O)CCCCCCCCCCCCCCC)C1OC1OC(COC(=O)CCCCCCCCC(C)CCCCCCCC)C(O)C(O)C1O)OC(=O)CCCCC/C=C\CCCCCCCC. The number of rotatable bonds is 72. The fraction of sp³-hybridized carbons (Fsp3) is 0.909. The van der Waals surface area contributed by atoms with Crippen molar-refractivity contribution in [1.82, 2.24) is 0 Å². The maximum Gasteiger partial charge on any atom is 0.472 e. The Morgan fingerprint density at radius 3 is 1.14 bits per heavy atom. The summed E-state index contributed by atoms with van der Waals surface area (Å²) >= 11 is 0. The molecule has 0 aromatic heterocycles. The number of aliphatic hydroxyl groups excluding tert-OH is 9. The Balaban J connectivity index is 1.94. The summed E-state index contributed by atoms with van der Waals surface area (Å²) in [5.74, 6) is -2.32. The highest BCUT2D eigenvalue weighted by atomic mass is 31.2. The lowest BCUT2D eigenvalue weighted by atomic mass is 9.84. The zero-order valence-electron chi connectivity index (χ0n) is 71.0. The first kappa shape index (κ1) is 105. The summed E-state index contributed by atoms with van der Waals surface area (Å²) in [6, 6.07) is 0. The Kier molecular flexibility index (Phi) is 61.5. The van der Waals surface area contributed by atoms with Gasteiger partial charge in [-0.15, -0.1) is 0 Å². The zero-order valence-corrected chi connectivity index (χ0v) is 71.9. The second-order valence-corrected chi connectivity index (χ2v) is 34.1. The van der Waals surface area contributed by atoms with Crippen LogP contribution in [0.5, 0.6) is 0 Å². The normalized spacial score (nSPS) is 25.7. The molecule has 2 saturated heterocycles. The van der Waals surface area contributed by atoms with Crippen LogP contribution in [0, 0.1) is 5.92 Å². The molecule has 19 unspecified atom stereocenters. The molecule has 0 amide bonds. The molecule has 10 N–H and O–H groups in total. The van der Waals surface area contributed by atoms with E-state index in [1.807, 2.05) is 0 Å². The van der Waals surface area contributed by atoms with Crippen LogP contribution in [0.4, 0.5) is 0 Å². The summed E-state index contributed by atoms with van der Waals surface area (Å²) in [5.41, 5.74) is 0. The first-order chi connectivity index (χ1) is 55.1. The maximum atomic E-state index is 14.9. The number of allylic oxidation sites excluding steroid dienone is 4. The smallest absolute Gasteiger partial charge is 0.463 e. The molecule has 0 spiro atoms. The van der Waals surface area contributed by atoms with E-state index in [0.29, 0.717) is 44.4 Å². The highest BCUT2D eigenvalue weighted by Gasteiger charge is 2.60. The van der Waals surface area contributed by atoms with Crippen LogP contribution >= 0.6 is 7.82 Å². The van der Waals surface area contributed by atoms with E-state index in [4.69, 9.17) is 46.9 Å². The molecule has 0 radical (unpaired) electrons. The number of phosphoric ester groups is 1. The van der Waals surface area contributed by atoms with E-state index in [1.165, 1.54) is 154 Å². The third-order valence-electron chi connectivity index (χ3n) is 22.3. The van der Waals surface area contributed by atoms with Crippen LogP contribution in [0.25, 0.3) is 0 Å². The summed E-state index contributed by atoms with van der Waals surface area (Å²) in [5, 5.41) is 102. The van der Waals surface area contributed by atoms with Gasteiger partial charge in [-0.1, -0.05) is 296 Å². The molecule has 3 aliphatic rings. The Hall–Kier alpha value is -3.05. The van der Waals surface area contributed by atoms with Gasteiger partial charge in [0.15, 0.2) is 24.8 Å². The van der Waals surface area contributed by atoms with Crippen molar-refractivity contribution < 1.29 is 122 Å². The van der Waals surface area contributed by atoms with E-state index < -0.39 is 162 Å². The quantitative estimate of drug-likeness (QED) is 0.00889. The number of hydrogen-bond donors (Lipinski definition) is 10. The van der Waals surface area contributed by atoms with Gasteiger partial charge >= 0.3 is 31.7 Å². The molecule has 2 aliphatic heterocycles. The number of carbonyl (C=O) groups excluding carboxylic acids is 4. The average molecular weight is 1650 g/mol. The fourth-order valence-electron chi connectivity index (χ4n) is 15.0. The summed E-state index contributed by atoms with van der Waals surface area (Å²) in [4.78, 5) is 66.3. The van der Waals surface area contributed by atoms with Gasteiger partial charge in [-0.25, -0.2) is 4.57 Å². The summed E-state index contributed by atoms with van der Waals surface area (Å²) in [7, 11) is -5.81. The first-order valence-electron chi connectivity index (χ1n) is 45.5. The molecular weight excluding hydrogens is 1490 g/mol. The average Bonchev–Trinajstić information content (AvgIpc) is 0.755. The van der Waals surface area contributed by atoms with Crippen molar-refractivity contribution >= 4 is 31.7 Å². The molecule has 3 rings (SSSR count). The predicted octanol–water partition coefficient (Wildman–Crippen LogP) is 16.0. The predicted molar refractivity (Wildman–Crippen MR) is 439 cm³/mol. The molecule has 1 aliphatic carbocycles. The Labute approximate surface area is 685 Å². The number of carbonyl (C=O) groups is 4. The third kappa shape index (κ3) is 47.2. The summed E-state index contributed by atoms with van der Waals surface area (Å²) in [6.45, 7) is 7.85. The van der Waals surface area contributed by atoms with E-state index in [0.717, 1.165) is 122 Å². The van der Waals surface area contributed by atoms with Gasteiger partial charge in [0, 0.05) is 25.7 Å². The Morgan fingerprint density at radius 1 is 0.368 bits per heavy atom. The highest BCUT2D eigenvalue weighted by Crippen LogP contribution is 2.49. The summed E-state index contributed by atoms with van der Waals surface area (Å²) < 4.78 is 73.3. The van der Waals surface area contributed by atoms with Gasteiger partial charge in [-0.05, 0) is 83.0 Å². The Bertz CT molecular complexity index is 2490.